The zero-order valence-corrected chi connectivity index (χ0v) is 14.9. The number of carbonyl (C=O) groups is 1. The van der Waals surface area contributed by atoms with Crippen LogP contribution in [-0.2, 0) is 4.74 Å². The Morgan fingerprint density at radius 2 is 2.04 bits per heavy atom. The first-order valence-corrected chi connectivity index (χ1v) is 8.58. The molecular weight excluding hydrogens is 336 g/mol. The fraction of sp³-hybridized carbons (Fsp3) is 0.444. The van der Waals surface area contributed by atoms with E-state index in [9.17, 15) is 4.79 Å². The number of methoxy groups -OCH3 is 2. The lowest BCUT2D eigenvalue weighted by molar-refractivity contribution is 0.0597. The van der Waals surface area contributed by atoms with Gasteiger partial charge in [0.25, 0.3) is 0 Å². The minimum Gasteiger partial charge on any atom is -0.496 e. The molecule has 1 fully saturated rings. The summed E-state index contributed by atoms with van der Waals surface area (Å²) in [6.07, 6.45) is 9.50. The highest BCUT2D eigenvalue weighted by atomic mass is 16.5. The maximum atomic E-state index is 11.4. The van der Waals surface area contributed by atoms with Crippen molar-refractivity contribution in [3.8, 4) is 5.75 Å². The summed E-state index contributed by atoms with van der Waals surface area (Å²) in [4.78, 5) is 11.4. The van der Waals surface area contributed by atoms with Gasteiger partial charge < -0.3 is 13.9 Å². The van der Waals surface area contributed by atoms with Crippen LogP contribution in [0.5, 0.6) is 5.75 Å². The van der Waals surface area contributed by atoms with E-state index in [-0.39, 0.29) is 0 Å². The molecule has 4 rings (SSSR count). The Morgan fingerprint density at radius 3 is 2.69 bits per heavy atom. The van der Waals surface area contributed by atoms with Crippen LogP contribution in [0.25, 0.3) is 10.9 Å². The van der Waals surface area contributed by atoms with Gasteiger partial charge >= 0.3 is 5.97 Å². The second-order valence-corrected chi connectivity index (χ2v) is 6.11. The zero-order valence-electron chi connectivity index (χ0n) is 14.9. The minimum atomic E-state index is -0.421. The van der Waals surface area contributed by atoms with Gasteiger partial charge in [-0.2, -0.15) is 5.10 Å². The van der Waals surface area contributed by atoms with Crippen molar-refractivity contribution in [2.24, 2.45) is 0 Å². The fourth-order valence-electron chi connectivity index (χ4n) is 3.12. The quantitative estimate of drug-likeness (QED) is 0.715. The third-order valence-electron chi connectivity index (χ3n) is 4.50. The average Bonchev–Trinajstić information content (AvgIpc) is 3.39. The first-order valence-electron chi connectivity index (χ1n) is 8.58. The lowest BCUT2D eigenvalue weighted by atomic mass is 9.89. The van der Waals surface area contributed by atoms with Crippen molar-refractivity contribution in [3.05, 3.63) is 36.2 Å². The van der Waals surface area contributed by atoms with E-state index in [1.165, 1.54) is 52.7 Å². The Labute approximate surface area is 150 Å². The van der Waals surface area contributed by atoms with Gasteiger partial charge in [0.2, 0.25) is 12.3 Å². The second kappa shape index (κ2) is 8.46. The molecule has 0 atom stereocenters. The number of fused-ring (bicyclic) bond motifs is 1. The highest BCUT2D eigenvalue weighted by Gasteiger charge is 2.19. The van der Waals surface area contributed by atoms with E-state index >= 15 is 0 Å². The number of benzene rings is 1. The van der Waals surface area contributed by atoms with Crippen molar-refractivity contribution in [1.29, 1.82) is 0 Å². The number of esters is 1. The number of hydrogen-bond donors (Lipinski definition) is 1. The topological polar surface area (TPSA) is 103 Å². The van der Waals surface area contributed by atoms with Crippen molar-refractivity contribution in [2.75, 3.05) is 14.2 Å². The standard InChI is InChI=1S/C10H10N2O3.C8H12N2O/c1-14-9-4-8-6(5-11-12-8)3-7(9)10(13)15-2;1-2-4-7(5-3-1)8-10-9-6-11-8/h3-5H,1-2H3,(H,11,12);6-7H,1-5H2. The number of ether oxygens (including phenoxy) is 2. The van der Waals surface area contributed by atoms with E-state index in [1.807, 2.05) is 0 Å². The van der Waals surface area contributed by atoms with Crippen LogP contribution in [0, 0.1) is 0 Å². The van der Waals surface area contributed by atoms with Crippen molar-refractivity contribution < 1.29 is 18.7 Å². The summed E-state index contributed by atoms with van der Waals surface area (Å²) in [5.74, 6) is 1.43. The van der Waals surface area contributed by atoms with E-state index < -0.39 is 5.97 Å². The third kappa shape index (κ3) is 4.01. The van der Waals surface area contributed by atoms with E-state index in [4.69, 9.17) is 9.15 Å². The van der Waals surface area contributed by atoms with Crippen LogP contribution in [0.2, 0.25) is 0 Å². The number of aromatic nitrogens is 4. The smallest absolute Gasteiger partial charge is 0.341 e. The van der Waals surface area contributed by atoms with Crippen LogP contribution in [0.1, 0.15) is 54.3 Å². The first-order chi connectivity index (χ1) is 12.7. The van der Waals surface area contributed by atoms with Gasteiger partial charge in [-0.25, -0.2) is 4.79 Å². The molecule has 0 bridgehead atoms. The number of rotatable bonds is 3. The molecule has 3 aromatic rings. The summed E-state index contributed by atoms with van der Waals surface area (Å²) in [5.41, 5.74) is 1.22. The summed E-state index contributed by atoms with van der Waals surface area (Å²) < 4.78 is 14.9. The van der Waals surface area contributed by atoms with Gasteiger partial charge in [0.15, 0.2) is 0 Å². The molecular formula is C18H22N4O4. The lowest BCUT2D eigenvalue weighted by Gasteiger charge is -2.17. The van der Waals surface area contributed by atoms with E-state index in [1.54, 1.807) is 18.3 Å². The number of aromatic amines is 1. The highest BCUT2D eigenvalue weighted by molar-refractivity contribution is 5.97. The molecule has 8 nitrogen and oxygen atoms in total. The maximum absolute atomic E-state index is 11.4. The minimum absolute atomic E-state index is 0.397. The third-order valence-corrected chi connectivity index (χ3v) is 4.50. The van der Waals surface area contributed by atoms with Gasteiger partial charge in [-0.15, -0.1) is 10.2 Å². The first kappa shape index (κ1) is 17.9. The van der Waals surface area contributed by atoms with Gasteiger partial charge in [-0.3, -0.25) is 5.10 Å². The van der Waals surface area contributed by atoms with E-state index in [0.717, 1.165) is 16.8 Å². The SMILES string of the molecule is COC(=O)c1cc2cn[nH]c2cc1OC.c1nnc(C2CCCCC2)o1. The number of H-pyrrole nitrogens is 1. The molecule has 0 unspecified atom stereocenters. The molecule has 2 heterocycles. The van der Waals surface area contributed by atoms with Crippen molar-refractivity contribution in [3.63, 3.8) is 0 Å². The number of nitrogens with zero attached hydrogens (tertiary/aromatic N) is 3. The molecule has 1 aliphatic carbocycles. The molecule has 0 amide bonds. The van der Waals surface area contributed by atoms with Crippen LogP contribution in [0.4, 0.5) is 0 Å². The second-order valence-electron chi connectivity index (χ2n) is 6.11. The Morgan fingerprint density at radius 1 is 1.23 bits per heavy atom. The summed E-state index contributed by atoms with van der Waals surface area (Å²) in [7, 11) is 2.84. The number of hydrogen-bond acceptors (Lipinski definition) is 7. The van der Waals surface area contributed by atoms with Crippen molar-refractivity contribution >= 4 is 16.9 Å². The molecule has 0 saturated heterocycles. The fourth-order valence-corrected chi connectivity index (χ4v) is 3.12. The number of carbonyl (C=O) groups excluding carboxylic acids is 1. The molecule has 26 heavy (non-hydrogen) atoms. The molecule has 1 aromatic carbocycles. The van der Waals surface area contributed by atoms with E-state index in [2.05, 4.69) is 25.1 Å². The van der Waals surface area contributed by atoms with Crippen LogP contribution < -0.4 is 4.74 Å². The van der Waals surface area contributed by atoms with Crippen LogP contribution in [-0.4, -0.2) is 40.6 Å². The van der Waals surface area contributed by atoms with Crippen LogP contribution >= 0.6 is 0 Å². The van der Waals surface area contributed by atoms with Gasteiger partial charge in [0.1, 0.15) is 11.3 Å². The average molecular weight is 358 g/mol. The number of nitrogens with one attached hydrogen (secondary N) is 1. The van der Waals surface area contributed by atoms with E-state index in [0.29, 0.717) is 17.2 Å². The Balaban J connectivity index is 0.000000158. The molecule has 1 aliphatic rings. The van der Waals surface area contributed by atoms with Crippen molar-refractivity contribution in [2.45, 2.75) is 38.0 Å². The van der Waals surface area contributed by atoms with Crippen LogP contribution in [0.15, 0.2) is 29.1 Å². The summed E-state index contributed by atoms with van der Waals surface area (Å²) in [5, 5.41) is 15.1. The summed E-state index contributed by atoms with van der Waals surface area (Å²) in [6.45, 7) is 0. The Bertz CT molecular complexity index is 838. The zero-order chi connectivity index (χ0) is 18.4. The molecule has 2 aromatic heterocycles. The molecule has 138 valence electrons. The normalized spacial score (nSPS) is 14.5. The van der Waals surface area contributed by atoms with Gasteiger partial charge in [-0.1, -0.05) is 19.3 Å². The summed E-state index contributed by atoms with van der Waals surface area (Å²) >= 11 is 0. The summed E-state index contributed by atoms with van der Waals surface area (Å²) in [6, 6.07) is 3.40. The molecule has 1 saturated carbocycles. The van der Waals surface area contributed by atoms with Gasteiger partial charge in [0.05, 0.1) is 25.9 Å². The van der Waals surface area contributed by atoms with Crippen molar-refractivity contribution in [1.82, 2.24) is 20.4 Å². The molecule has 8 heteroatoms. The predicted octanol–water partition coefficient (Wildman–Crippen LogP) is 3.48. The Hall–Kier alpha value is -2.90. The van der Waals surface area contributed by atoms with Gasteiger partial charge in [0, 0.05) is 17.4 Å². The largest absolute Gasteiger partial charge is 0.496 e. The monoisotopic (exact) mass is 358 g/mol. The molecule has 0 spiro atoms. The molecule has 0 aliphatic heterocycles. The van der Waals surface area contributed by atoms with Gasteiger partial charge in [-0.05, 0) is 18.9 Å². The predicted molar refractivity (Wildman–Crippen MR) is 94.1 cm³/mol. The lowest BCUT2D eigenvalue weighted by Crippen LogP contribution is -2.04. The Kier molecular flexibility index (Phi) is 5.83. The molecule has 0 radical (unpaired) electrons. The van der Waals surface area contributed by atoms with Crippen LogP contribution in [0.3, 0.4) is 0 Å². The molecule has 1 N–H and O–H groups in total. The maximum Gasteiger partial charge on any atom is 0.341 e. The highest BCUT2D eigenvalue weighted by Crippen LogP contribution is 2.30.